The number of carboxylic acids is 1. The fourth-order valence-corrected chi connectivity index (χ4v) is 2.04. The van der Waals surface area contributed by atoms with Crippen LogP contribution in [0.1, 0.15) is 24.8 Å². The molecule has 0 spiro atoms. The van der Waals surface area contributed by atoms with E-state index >= 15 is 0 Å². The van der Waals surface area contributed by atoms with Gasteiger partial charge in [-0.1, -0.05) is 12.1 Å². The zero-order chi connectivity index (χ0) is 15.4. The molecular weight excluding hydrogens is 278 g/mol. The Morgan fingerprint density at radius 3 is 2.10 bits per heavy atom. The van der Waals surface area contributed by atoms with Crippen molar-refractivity contribution in [1.29, 1.82) is 0 Å². The van der Waals surface area contributed by atoms with Gasteiger partial charge in [0.15, 0.2) is 0 Å². The third-order valence-electron chi connectivity index (χ3n) is 3.22. The minimum absolute atomic E-state index is 0.205. The largest absolute Gasteiger partial charge is 0.481 e. The topological polar surface area (TPSA) is 63.3 Å². The predicted molar refractivity (Wildman–Crippen MR) is 64.7 cm³/mol. The van der Waals surface area contributed by atoms with Crippen LogP contribution in [0.2, 0.25) is 0 Å². The summed E-state index contributed by atoms with van der Waals surface area (Å²) in [6.45, 7) is -0.355. The first kappa shape index (κ1) is 16.4. The van der Waals surface area contributed by atoms with E-state index in [-0.39, 0.29) is 24.9 Å². The molecule has 0 saturated heterocycles. The number of carboxylic acid groups (broad SMARTS) is 1. The lowest BCUT2D eigenvalue weighted by atomic mass is 9.76. The Bertz CT molecular complexity index is 458. The monoisotopic (exact) mass is 293 g/mol. The molecule has 0 amide bonds. The van der Waals surface area contributed by atoms with E-state index in [0.717, 1.165) is 12.1 Å². The second kappa shape index (κ2) is 6.21. The number of rotatable bonds is 6. The van der Waals surface area contributed by atoms with Gasteiger partial charge in [0.2, 0.25) is 0 Å². The molecule has 0 aliphatic carbocycles. The SMILES string of the molecule is NCC(CCCC(F)(F)F)(C(=O)O)c1ccc(F)cc1. The number of benzene rings is 1. The highest BCUT2D eigenvalue weighted by Crippen LogP contribution is 2.32. The first-order valence-corrected chi connectivity index (χ1v) is 5.97. The highest BCUT2D eigenvalue weighted by molar-refractivity contribution is 5.81. The second-order valence-corrected chi connectivity index (χ2v) is 4.57. The zero-order valence-corrected chi connectivity index (χ0v) is 10.6. The normalized spacial score (nSPS) is 14.8. The van der Waals surface area contributed by atoms with E-state index in [4.69, 9.17) is 5.73 Å². The molecule has 1 atom stereocenters. The van der Waals surface area contributed by atoms with Gasteiger partial charge >= 0.3 is 12.1 Å². The maximum absolute atomic E-state index is 12.9. The van der Waals surface area contributed by atoms with Crippen molar-refractivity contribution in [3.63, 3.8) is 0 Å². The number of halogens is 4. The summed E-state index contributed by atoms with van der Waals surface area (Å²) in [5, 5.41) is 9.32. The number of hydrogen-bond acceptors (Lipinski definition) is 2. The third kappa shape index (κ3) is 3.93. The number of alkyl halides is 3. The van der Waals surface area contributed by atoms with E-state index in [9.17, 15) is 27.5 Å². The van der Waals surface area contributed by atoms with Crippen LogP contribution in [0.15, 0.2) is 24.3 Å². The van der Waals surface area contributed by atoms with Gasteiger partial charge in [0, 0.05) is 13.0 Å². The van der Waals surface area contributed by atoms with E-state index in [1.54, 1.807) is 0 Å². The van der Waals surface area contributed by atoms with Gasteiger partial charge in [0.1, 0.15) is 11.2 Å². The molecule has 0 aromatic heterocycles. The molecule has 7 heteroatoms. The fraction of sp³-hybridized carbons (Fsp3) is 0.462. The average molecular weight is 293 g/mol. The van der Waals surface area contributed by atoms with Crippen molar-refractivity contribution in [2.24, 2.45) is 5.73 Å². The van der Waals surface area contributed by atoms with E-state index in [2.05, 4.69) is 0 Å². The summed E-state index contributed by atoms with van der Waals surface area (Å²) >= 11 is 0. The van der Waals surface area contributed by atoms with Crippen molar-refractivity contribution >= 4 is 5.97 Å². The van der Waals surface area contributed by atoms with Crippen LogP contribution in [0.25, 0.3) is 0 Å². The van der Waals surface area contributed by atoms with E-state index in [0.29, 0.717) is 0 Å². The molecule has 1 aromatic carbocycles. The Hall–Kier alpha value is -1.63. The summed E-state index contributed by atoms with van der Waals surface area (Å²) in [6.07, 6.45) is -6.04. The molecule has 0 radical (unpaired) electrons. The van der Waals surface area contributed by atoms with Crippen LogP contribution in [0.3, 0.4) is 0 Å². The van der Waals surface area contributed by atoms with Gasteiger partial charge in [-0.05, 0) is 30.5 Å². The molecule has 20 heavy (non-hydrogen) atoms. The van der Waals surface area contributed by atoms with Crippen molar-refractivity contribution in [2.75, 3.05) is 6.54 Å². The third-order valence-corrected chi connectivity index (χ3v) is 3.22. The van der Waals surface area contributed by atoms with Gasteiger partial charge in [-0.2, -0.15) is 13.2 Å². The predicted octanol–water partition coefficient (Wildman–Crippen LogP) is 2.84. The van der Waals surface area contributed by atoms with Gasteiger partial charge < -0.3 is 10.8 Å². The first-order chi connectivity index (χ1) is 9.21. The Balaban J connectivity index is 2.97. The zero-order valence-electron chi connectivity index (χ0n) is 10.6. The Kier molecular flexibility index (Phi) is 5.10. The Morgan fingerprint density at radius 2 is 1.70 bits per heavy atom. The second-order valence-electron chi connectivity index (χ2n) is 4.57. The summed E-state index contributed by atoms with van der Waals surface area (Å²) < 4.78 is 49.3. The molecule has 3 nitrogen and oxygen atoms in total. The molecule has 3 N–H and O–H groups in total. The molecule has 0 heterocycles. The summed E-state index contributed by atoms with van der Waals surface area (Å²) in [7, 11) is 0. The minimum atomic E-state index is -4.35. The van der Waals surface area contributed by atoms with Crippen molar-refractivity contribution < 1.29 is 27.5 Å². The van der Waals surface area contributed by atoms with Crippen LogP contribution in [0.5, 0.6) is 0 Å². The summed E-state index contributed by atoms with van der Waals surface area (Å²) in [4.78, 5) is 11.4. The molecule has 1 aromatic rings. The fourth-order valence-electron chi connectivity index (χ4n) is 2.04. The van der Waals surface area contributed by atoms with Crippen LogP contribution >= 0.6 is 0 Å². The number of carbonyl (C=O) groups is 1. The van der Waals surface area contributed by atoms with Gasteiger partial charge in [-0.25, -0.2) is 4.39 Å². The summed E-state index contributed by atoms with van der Waals surface area (Å²) in [5.41, 5.74) is 4.05. The molecule has 1 unspecified atom stereocenters. The van der Waals surface area contributed by atoms with Gasteiger partial charge in [0.05, 0.1) is 0 Å². The molecule has 112 valence electrons. The standard InChI is InChI=1S/C13H15F4NO2/c14-10-4-2-9(3-5-10)12(8-18,11(19)20)6-1-7-13(15,16)17/h2-5H,1,6-8,18H2,(H,19,20). The van der Waals surface area contributed by atoms with Gasteiger partial charge in [-0.3, -0.25) is 4.79 Å². The summed E-state index contributed by atoms with van der Waals surface area (Å²) in [6, 6.07) is 4.60. The highest BCUT2D eigenvalue weighted by Gasteiger charge is 2.40. The molecule has 0 aliphatic rings. The molecule has 1 rings (SSSR count). The lowest BCUT2D eigenvalue weighted by Gasteiger charge is -2.28. The minimum Gasteiger partial charge on any atom is -0.481 e. The smallest absolute Gasteiger partial charge is 0.389 e. The van der Waals surface area contributed by atoms with Gasteiger partial charge in [-0.15, -0.1) is 0 Å². The van der Waals surface area contributed by atoms with Crippen molar-refractivity contribution in [3.05, 3.63) is 35.6 Å². The van der Waals surface area contributed by atoms with Crippen LogP contribution in [0, 0.1) is 5.82 Å². The van der Waals surface area contributed by atoms with Crippen molar-refractivity contribution in [1.82, 2.24) is 0 Å². The summed E-state index contributed by atoms with van der Waals surface area (Å²) in [5.74, 6) is -1.87. The van der Waals surface area contributed by atoms with Crippen LogP contribution in [0.4, 0.5) is 17.6 Å². The van der Waals surface area contributed by atoms with Crippen molar-refractivity contribution in [2.45, 2.75) is 30.9 Å². The Labute approximate surface area is 113 Å². The maximum Gasteiger partial charge on any atom is 0.389 e. The lowest BCUT2D eigenvalue weighted by Crippen LogP contribution is -2.43. The number of aliphatic carboxylic acids is 1. The van der Waals surface area contributed by atoms with E-state index in [1.807, 2.05) is 0 Å². The lowest BCUT2D eigenvalue weighted by molar-refractivity contribution is -0.147. The van der Waals surface area contributed by atoms with E-state index in [1.165, 1.54) is 12.1 Å². The molecule has 0 saturated carbocycles. The number of nitrogens with two attached hydrogens (primary N) is 1. The first-order valence-electron chi connectivity index (χ1n) is 5.97. The Morgan fingerprint density at radius 1 is 1.15 bits per heavy atom. The van der Waals surface area contributed by atoms with Crippen LogP contribution in [-0.4, -0.2) is 23.8 Å². The quantitative estimate of drug-likeness (QED) is 0.793. The van der Waals surface area contributed by atoms with Crippen molar-refractivity contribution in [3.8, 4) is 0 Å². The van der Waals surface area contributed by atoms with Crippen LogP contribution in [-0.2, 0) is 10.2 Å². The molecule has 0 aliphatic heterocycles. The highest BCUT2D eigenvalue weighted by atomic mass is 19.4. The van der Waals surface area contributed by atoms with E-state index < -0.39 is 29.8 Å². The molecule has 0 bridgehead atoms. The van der Waals surface area contributed by atoms with Crippen LogP contribution < -0.4 is 5.73 Å². The molecular formula is C13H15F4NO2. The number of hydrogen-bond donors (Lipinski definition) is 2. The maximum atomic E-state index is 12.9. The average Bonchev–Trinajstić information content (AvgIpc) is 2.34. The molecule has 0 fully saturated rings. The van der Waals surface area contributed by atoms with Gasteiger partial charge in [0.25, 0.3) is 0 Å².